The summed E-state index contributed by atoms with van der Waals surface area (Å²) in [6.07, 6.45) is -0.254. The van der Waals surface area contributed by atoms with Crippen molar-refractivity contribution in [2.45, 2.75) is 12.3 Å². The van der Waals surface area contributed by atoms with Gasteiger partial charge in [0, 0.05) is 11.9 Å². The molecule has 0 radical (unpaired) electrons. The molecule has 1 aromatic carbocycles. The van der Waals surface area contributed by atoms with E-state index in [1.807, 2.05) is 0 Å². The highest BCUT2D eigenvalue weighted by Gasteiger charge is 2.22. The predicted octanol–water partition coefficient (Wildman–Crippen LogP) is 2.70. The Hall–Kier alpha value is -1.33. The van der Waals surface area contributed by atoms with Crippen LogP contribution in [0.25, 0.3) is 0 Å². The predicted molar refractivity (Wildman–Crippen MR) is 63.4 cm³/mol. The van der Waals surface area contributed by atoms with E-state index >= 15 is 0 Å². The van der Waals surface area contributed by atoms with Gasteiger partial charge < -0.3 is 4.74 Å². The molecule has 0 saturated heterocycles. The molecule has 0 aromatic heterocycles. The highest BCUT2D eigenvalue weighted by Crippen LogP contribution is 2.31. The average Bonchev–Trinajstić information content (AvgIpc) is 2.30. The molecule has 0 atom stereocenters. The number of rotatable bonds is 4. The number of hydrogen-bond donors (Lipinski definition) is 0. The number of ether oxygens (including phenoxy) is 1. The zero-order valence-electron chi connectivity index (χ0n) is 8.91. The molecule has 0 N–H and O–H groups in total. The fourth-order valence-corrected chi connectivity index (χ4v) is 1.90. The third-order valence-electron chi connectivity index (χ3n) is 2.19. The van der Waals surface area contributed by atoms with Crippen molar-refractivity contribution >= 4 is 34.9 Å². The molecule has 7 heteroatoms. The summed E-state index contributed by atoms with van der Waals surface area (Å²) < 4.78 is 4.46. The fraction of sp³-hybridized carbons (Fsp3) is 0.300. The minimum Gasteiger partial charge on any atom is -0.469 e. The quantitative estimate of drug-likeness (QED) is 0.367. The standard InChI is InChI=1S/C10H9Cl2NO4/c1-17-9(14)4-7-8(13(15)16)3-2-6(5-11)10(7)12/h2-3H,4-5H2,1H3. The van der Waals surface area contributed by atoms with Crippen LogP contribution in [0.1, 0.15) is 11.1 Å². The molecule has 1 aromatic rings. The van der Waals surface area contributed by atoms with Gasteiger partial charge in [0.25, 0.3) is 5.69 Å². The van der Waals surface area contributed by atoms with Crippen LogP contribution in [-0.2, 0) is 21.8 Å². The highest BCUT2D eigenvalue weighted by atomic mass is 35.5. The number of carbonyl (C=O) groups is 1. The van der Waals surface area contributed by atoms with Gasteiger partial charge in [-0.1, -0.05) is 11.6 Å². The van der Waals surface area contributed by atoms with Crippen LogP contribution in [0, 0.1) is 10.1 Å². The third-order valence-corrected chi connectivity index (χ3v) is 2.95. The number of hydrogen-bond acceptors (Lipinski definition) is 4. The first kappa shape index (κ1) is 13.7. The van der Waals surface area contributed by atoms with E-state index in [1.54, 1.807) is 0 Å². The molecule has 17 heavy (non-hydrogen) atoms. The Kier molecular flexibility index (Phi) is 4.72. The first-order valence-corrected chi connectivity index (χ1v) is 5.50. The number of methoxy groups -OCH3 is 1. The Labute approximate surface area is 107 Å². The van der Waals surface area contributed by atoms with Crippen molar-refractivity contribution in [1.29, 1.82) is 0 Å². The molecular weight excluding hydrogens is 269 g/mol. The second kappa shape index (κ2) is 5.84. The summed E-state index contributed by atoms with van der Waals surface area (Å²) in [5.74, 6) is -0.480. The lowest BCUT2D eigenvalue weighted by atomic mass is 10.1. The molecule has 0 fully saturated rings. The Balaban J connectivity index is 3.29. The molecule has 5 nitrogen and oxygen atoms in total. The maximum atomic E-state index is 11.2. The van der Waals surface area contributed by atoms with Crippen LogP contribution in [-0.4, -0.2) is 18.0 Å². The molecule has 0 spiro atoms. The topological polar surface area (TPSA) is 69.4 Å². The number of benzene rings is 1. The number of carbonyl (C=O) groups excluding carboxylic acids is 1. The number of halogens is 2. The minimum atomic E-state index is -0.596. The van der Waals surface area contributed by atoms with Crippen LogP contribution in [0.3, 0.4) is 0 Å². The summed E-state index contributed by atoms with van der Waals surface area (Å²) in [6, 6.07) is 2.75. The first-order valence-electron chi connectivity index (χ1n) is 4.58. The maximum Gasteiger partial charge on any atom is 0.310 e. The molecule has 0 bridgehead atoms. The largest absolute Gasteiger partial charge is 0.469 e. The van der Waals surface area contributed by atoms with Crippen molar-refractivity contribution in [3.8, 4) is 0 Å². The van der Waals surface area contributed by atoms with E-state index in [1.165, 1.54) is 19.2 Å². The van der Waals surface area contributed by atoms with Gasteiger partial charge in [-0.05, 0) is 11.6 Å². The molecule has 0 aliphatic rings. The number of alkyl halides is 1. The van der Waals surface area contributed by atoms with E-state index in [4.69, 9.17) is 23.2 Å². The van der Waals surface area contributed by atoms with Gasteiger partial charge >= 0.3 is 5.97 Å². The van der Waals surface area contributed by atoms with Crippen LogP contribution in [0.2, 0.25) is 5.02 Å². The Bertz CT molecular complexity index is 462. The molecular formula is C10H9Cl2NO4. The Morgan fingerprint density at radius 2 is 2.18 bits per heavy atom. The summed E-state index contributed by atoms with van der Waals surface area (Å²) >= 11 is 11.6. The lowest BCUT2D eigenvalue weighted by Crippen LogP contribution is -2.08. The van der Waals surface area contributed by atoms with Crippen molar-refractivity contribution in [3.63, 3.8) is 0 Å². The minimum absolute atomic E-state index is 0.116. The van der Waals surface area contributed by atoms with E-state index in [0.29, 0.717) is 5.56 Å². The molecule has 0 heterocycles. The van der Waals surface area contributed by atoms with Crippen molar-refractivity contribution in [1.82, 2.24) is 0 Å². The van der Waals surface area contributed by atoms with E-state index in [0.717, 1.165) is 0 Å². The Morgan fingerprint density at radius 1 is 1.53 bits per heavy atom. The van der Waals surface area contributed by atoms with Gasteiger partial charge in [0.05, 0.1) is 29.0 Å². The summed E-state index contributed by atoms with van der Waals surface area (Å²) in [6.45, 7) is 0. The monoisotopic (exact) mass is 277 g/mol. The maximum absolute atomic E-state index is 11.2. The smallest absolute Gasteiger partial charge is 0.310 e. The number of esters is 1. The molecule has 0 unspecified atom stereocenters. The van der Waals surface area contributed by atoms with Gasteiger partial charge in [0.15, 0.2) is 0 Å². The summed E-state index contributed by atoms with van der Waals surface area (Å²) in [4.78, 5) is 21.4. The van der Waals surface area contributed by atoms with Gasteiger partial charge in [-0.25, -0.2) is 0 Å². The normalized spacial score (nSPS) is 10.1. The zero-order valence-corrected chi connectivity index (χ0v) is 10.4. The van der Waals surface area contributed by atoms with Crippen LogP contribution < -0.4 is 0 Å². The lowest BCUT2D eigenvalue weighted by molar-refractivity contribution is -0.385. The first-order chi connectivity index (χ1) is 8.01. The summed E-state index contributed by atoms with van der Waals surface area (Å²) in [7, 11) is 1.20. The number of nitro groups is 1. The van der Waals surface area contributed by atoms with Crippen LogP contribution in [0.4, 0.5) is 5.69 Å². The van der Waals surface area contributed by atoms with Gasteiger partial charge in [-0.15, -0.1) is 11.6 Å². The molecule has 0 saturated carbocycles. The van der Waals surface area contributed by atoms with E-state index in [2.05, 4.69) is 4.74 Å². The van der Waals surface area contributed by atoms with Crippen molar-refractivity contribution in [2.24, 2.45) is 0 Å². The highest BCUT2D eigenvalue weighted by molar-refractivity contribution is 6.33. The molecule has 0 aliphatic carbocycles. The van der Waals surface area contributed by atoms with Gasteiger partial charge in [-0.3, -0.25) is 14.9 Å². The molecule has 0 amide bonds. The second-order valence-corrected chi connectivity index (χ2v) is 3.83. The molecule has 1 rings (SSSR count). The van der Waals surface area contributed by atoms with Gasteiger partial charge in [-0.2, -0.15) is 0 Å². The van der Waals surface area contributed by atoms with Crippen LogP contribution >= 0.6 is 23.2 Å². The second-order valence-electron chi connectivity index (χ2n) is 3.18. The van der Waals surface area contributed by atoms with E-state index in [9.17, 15) is 14.9 Å². The number of nitro benzene ring substituents is 1. The SMILES string of the molecule is COC(=O)Cc1c([N+](=O)[O-])ccc(CCl)c1Cl. The van der Waals surface area contributed by atoms with E-state index in [-0.39, 0.29) is 28.6 Å². The average molecular weight is 278 g/mol. The fourth-order valence-electron chi connectivity index (χ4n) is 1.32. The summed E-state index contributed by atoms with van der Waals surface area (Å²) in [5, 5.41) is 10.9. The van der Waals surface area contributed by atoms with Gasteiger partial charge in [0.2, 0.25) is 0 Å². The van der Waals surface area contributed by atoms with E-state index < -0.39 is 10.9 Å². The van der Waals surface area contributed by atoms with Crippen molar-refractivity contribution in [3.05, 3.63) is 38.4 Å². The molecule has 92 valence electrons. The van der Waals surface area contributed by atoms with Crippen molar-refractivity contribution < 1.29 is 14.5 Å². The van der Waals surface area contributed by atoms with Gasteiger partial charge in [0.1, 0.15) is 0 Å². The summed E-state index contributed by atoms with van der Waals surface area (Å²) in [5.41, 5.74) is 0.453. The Morgan fingerprint density at radius 3 is 2.65 bits per heavy atom. The number of nitrogens with zero attached hydrogens (tertiary/aromatic N) is 1. The van der Waals surface area contributed by atoms with Crippen molar-refractivity contribution in [2.75, 3.05) is 7.11 Å². The lowest BCUT2D eigenvalue weighted by Gasteiger charge is -2.07. The molecule has 0 aliphatic heterocycles. The van der Waals surface area contributed by atoms with Crippen LogP contribution in [0.5, 0.6) is 0 Å². The zero-order chi connectivity index (χ0) is 13.0. The van der Waals surface area contributed by atoms with Crippen LogP contribution in [0.15, 0.2) is 12.1 Å². The third kappa shape index (κ3) is 3.08.